The molecule has 3 aromatic rings. The number of hydrogen-bond donors (Lipinski definition) is 0. The molecule has 0 fully saturated rings. The zero-order valence-electron chi connectivity index (χ0n) is 14.9. The topological polar surface area (TPSA) is 60.4 Å². The van der Waals surface area contributed by atoms with E-state index in [2.05, 4.69) is 0 Å². The summed E-state index contributed by atoms with van der Waals surface area (Å²) >= 11 is 5.92. The molecule has 0 N–H and O–H groups in total. The molecule has 0 bridgehead atoms. The minimum Gasteiger partial charge on any atom is -0.451 e. The first-order valence-corrected chi connectivity index (χ1v) is 9.13. The van der Waals surface area contributed by atoms with Crippen molar-refractivity contribution in [3.8, 4) is 11.1 Å². The molecular formula is C23H15ClO4. The van der Waals surface area contributed by atoms with Crippen molar-refractivity contribution in [1.82, 2.24) is 0 Å². The van der Waals surface area contributed by atoms with Crippen molar-refractivity contribution in [2.45, 2.75) is 13.0 Å². The third-order valence-electron chi connectivity index (χ3n) is 4.74. The average Bonchev–Trinajstić information content (AvgIpc) is 3.00. The lowest BCUT2D eigenvalue weighted by molar-refractivity contribution is 0.0317. The maximum Gasteiger partial charge on any atom is 0.339 e. The van der Waals surface area contributed by atoms with Crippen LogP contribution in [0.1, 0.15) is 43.6 Å². The van der Waals surface area contributed by atoms with Crippen molar-refractivity contribution in [3.05, 3.63) is 94.0 Å². The van der Waals surface area contributed by atoms with Crippen molar-refractivity contribution >= 4 is 29.1 Å². The van der Waals surface area contributed by atoms with Gasteiger partial charge in [-0.3, -0.25) is 9.59 Å². The highest BCUT2D eigenvalue weighted by Gasteiger charge is 2.32. The van der Waals surface area contributed by atoms with Crippen LogP contribution in [-0.2, 0) is 4.74 Å². The van der Waals surface area contributed by atoms with Crippen LogP contribution in [0, 0.1) is 0 Å². The van der Waals surface area contributed by atoms with E-state index >= 15 is 0 Å². The van der Waals surface area contributed by atoms with Gasteiger partial charge in [0.2, 0.25) is 5.78 Å². The number of halogens is 1. The molecule has 0 aromatic heterocycles. The van der Waals surface area contributed by atoms with E-state index in [1.165, 1.54) is 13.0 Å². The van der Waals surface area contributed by atoms with Gasteiger partial charge in [-0.2, -0.15) is 0 Å². The van der Waals surface area contributed by atoms with Crippen LogP contribution in [0.5, 0.6) is 0 Å². The van der Waals surface area contributed by atoms with E-state index in [0.29, 0.717) is 27.3 Å². The molecule has 5 heteroatoms. The Kier molecular flexibility index (Phi) is 4.57. The number of rotatable bonds is 4. The molecule has 4 nitrogen and oxygen atoms in total. The van der Waals surface area contributed by atoms with Crippen LogP contribution in [-0.4, -0.2) is 23.6 Å². The fourth-order valence-corrected chi connectivity index (χ4v) is 3.59. The first-order chi connectivity index (χ1) is 13.5. The molecule has 3 aromatic carbocycles. The highest BCUT2D eigenvalue weighted by molar-refractivity contribution is 6.31. The van der Waals surface area contributed by atoms with Gasteiger partial charge in [0, 0.05) is 21.7 Å². The van der Waals surface area contributed by atoms with Gasteiger partial charge >= 0.3 is 5.97 Å². The van der Waals surface area contributed by atoms with Gasteiger partial charge in [0.05, 0.1) is 5.56 Å². The van der Waals surface area contributed by atoms with E-state index in [0.717, 1.165) is 5.56 Å². The minimum atomic E-state index is -1.01. The molecule has 0 radical (unpaired) electrons. The molecule has 1 atom stereocenters. The Morgan fingerprint density at radius 3 is 2.32 bits per heavy atom. The number of hydrogen-bond acceptors (Lipinski definition) is 4. The van der Waals surface area contributed by atoms with Crippen LogP contribution in [0.3, 0.4) is 0 Å². The van der Waals surface area contributed by atoms with Gasteiger partial charge < -0.3 is 4.74 Å². The number of Topliss-reactive ketones (excluding diaryl/α,β-unsaturated/α-hetero) is 1. The zero-order valence-corrected chi connectivity index (χ0v) is 15.7. The Morgan fingerprint density at radius 1 is 0.893 bits per heavy atom. The van der Waals surface area contributed by atoms with Crippen molar-refractivity contribution < 1.29 is 19.1 Å². The number of fused-ring (bicyclic) bond motifs is 3. The highest BCUT2D eigenvalue weighted by atomic mass is 35.5. The molecule has 0 saturated carbocycles. The largest absolute Gasteiger partial charge is 0.451 e. The zero-order chi connectivity index (χ0) is 19.8. The van der Waals surface area contributed by atoms with Crippen LogP contribution in [0.25, 0.3) is 11.1 Å². The van der Waals surface area contributed by atoms with E-state index < -0.39 is 12.1 Å². The van der Waals surface area contributed by atoms with Gasteiger partial charge in [-0.15, -0.1) is 0 Å². The third-order valence-corrected chi connectivity index (χ3v) is 4.97. The van der Waals surface area contributed by atoms with Crippen molar-refractivity contribution in [2.24, 2.45) is 0 Å². The molecule has 0 amide bonds. The smallest absolute Gasteiger partial charge is 0.339 e. The number of ether oxygens (including phenoxy) is 1. The lowest BCUT2D eigenvalue weighted by Gasteiger charge is -2.14. The van der Waals surface area contributed by atoms with E-state index in [1.54, 1.807) is 48.5 Å². The van der Waals surface area contributed by atoms with Crippen LogP contribution in [0.15, 0.2) is 66.7 Å². The maximum absolute atomic E-state index is 12.8. The first kappa shape index (κ1) is 18.1. The third kappa shape index (κ3) is 3.02. The predicted octanol–water partition coefficient (Wildman–Crippen LogP) is 4.98. The Labute approximate surface area is 166 Å². The van der Waals surface area contributed by atoms with E-state index in [1.807, 2.05) is 12.1 Å². The summed E-state index contributed by atoms with van der Waals surface area (Å²) in [5.74, 6) is -1.29. The Balaban J connectivity index is 1.62. The standard InChI is InChI=1S/C23H15ClO4/c1-13(21(25)14-6-4-7-15(24)12-14)28-23(27)19-11-5-10-17-16-8-2-3-9-18(16)22(26)20(17)19/h2-13H,1H3. The van der Waals surface area contributed by atoms with Crippen LogP contribution >= 0.6 is 11.6 Å². The molecule has 0 heterocycles. The van der Waals surface area contributed by atoms with Crippen molar-refractivity contribution in [2.75, 3.05) is 0 Å². The number of esters is 1. The molecular weight excluding hydrogens is 376 g/mol. The van der Waals surface area contributed by atoms with Gasteiger partial charge in [-0.05, 0) is 36.2 Å². The van der Waals surface area contributed by atoms with Gasteiger partial charge in [-0.1, -0.05) is 60.1 Å². The molecule has 1 aliphatic rings. The minimum absolute atomic E-state index is 0.157. The molecule has 4 rings (SSSR count). The van der Waals surface area contributed by atoms with Crippen LogP contribution in [0.2, 0.25) is 5.02 Å². The fraction of sp³-hybridized carbons (Fsp3) is 0.0870. The summed E-state index contributed by atoms with van der Waals surface area (Å²) in [6.07, 6.45) is -1.01. The normalized spacial score (nSPS) is 12.9. The lowest BCUT2D eigenvalue weighted by Crippen LogP contribution is -2.25. The number of ketones is 2. The van der Waals surface area contributed by atoms with Gasteiger partial charge in [0.15, 0.2) is 11.9 Å². The summed E-state index contributed by atoms with van der Waals surface area (Å²) in [6, 6.07) is 18.7. The quantitative estimate of drug-likeness (QED) is 0.364. The van der Waals surface area contributed by atoms with Crippen molar-refractivity contribution in [1.29, 1.82) is 0 Å². The molecule has 138 valence electrons. The lowest BCUT2D eigenvalue weighted by atomic mass is 10.0. The maximum atomic E-state index is 12.8. The van der Waals surface area contributed by atoms with Crippen molar-refractivity contribution in [3.63, 3.8) is 0 Å². The van der Waals surface area contributed by atoms with Gasteiger partial charge in [0.25, 0.3) is 0 Å². The summed E-state index contributed by atoms with van der Waals surface area (Å²) in [5.41, 5.74) is 2.87. The summed E-state index contributed by atoms with van der Waals surface area (Å²) in [5, 5.41) is 0.425. The molecule has 0 aliphatic heterocycles. The van der Waals surface area contributed by atoms with Crippen LogP contribution in [0.4, 0.5) is 0 Å². The molecule has 1 unspecified atom stereocenters. The summed E-state index contributed by atoms with van der Waals surface area (Å²) in [4.78, 5) is 38.1. The Bertz CT molecular complexity index is 1130. The molecule has 28 heavy (non-hydrogen) atoms. The second-order valence-electron chi connectivity index (χ2n) is 6.52. The van der Waals surface area contributed by atoms with E-state index in [4.69, 9.17) is 16.3 Å². The summed E-state index contributed by atoms with van der Waals surface area (Å²) in [6.45, 7) is 1.50. The summed E-state index contributed by atoms with van der Waals surface area (Å²) in [7, 11) is 0. The number of carbonyl (C=O) groups is 3. The predicted molar refractivity (Wildman–Crippen MR) is 106 cm³/mol. The fourth-order valence-electron chi connectivity index (χ4n) is 3.40. The molecule has 0 saturated heterocycles. The van der Waals surface area contributed by atoms with Gasteiger partial charge in [-0.25, -0.2) is 4.79 Å². The average molecular weight is 391 g/mol. The second-order valence-corrected chi connectivity index (χ2v) is 6.96. The Hall–Kier alpha value is -3.24. The van der Waals surface area contributed by atoms with E-state index in [9.17, 15) is 14.4 Å². The first-order valence-electron chi connectivity index (χ1n) is 8.75. The Morgan fingerprint density at radius 2 is 1.57 bits per heavy atom. The van der Waals surface area contributed by atoms with E-state index in [-0.39, 0.29) is 17.1 Å². The molecule has 0 spiro atoms. The molecule has 1 aliphatic carbocycles. The number of carbonyl (C=O) groups excluding carboxylic acids is 3. The van der Waals surface area contributed by atoms with Crippen LogP contribution < -0.4 is 0 Å². The van der Waals surface area contributed by atoms with Gasteiger partial charge in [0.1, 0.15) is 0 Å². The SMILES string of the molecule is CC(OC(=O)c1cccc2c1C(=O)c1ccccc1-2)C(=O)c1cccc(Cl)c1. The highest BCUT2D eigenvalue weighted by Crippen LogP contribution is 2.38. The second kappa shape index (κ2) is 7.06. The summed E-state index contributed by atoms with van der Waals surface area (Å²) < 4.78 is 5.38. The number of benzene rings is 3. The monoisotopic (exact) mass is 390 g/mol.